The molecule has 0 aliphatic carbocycles. The Balaban J connectivity index is 2.64. The van der Waals surface area contributed by atoms with Gasteiger partial charge in [0.2, 0.25) is 5.76 Å². The molecule has 0 fully saturated rings. The number of unbranched alkanes of at least 4 members (excludes halogenated alkanes) is 1. The topological polar surface area (TPSA) is 13.1 Å². The Kier molecular flexibility index (Phi) is 3.01. The van der Waals surface area contributed by atoms with E-state index in [4.69, 9.17) is 0 Å². The molecule has 4 heteroatoms. The average molecular weight is 192 g/mol. The van der Waals surface area contributed by atoms with E-state index < -0.39 is 11.9 Å². The number of alkyl halides is 3. The third-order valence-electron chi connectivity index (χ3n) is 1.72. The van der Waals surface area contributed by atoms with Gasteiger partial charge in [-0.05, 0) is 18.6 Å². The van der Waals surface area contributed by atoms with Crippen molar-refractivity contribution in [3.05, 3.63) is 23.7 Å². The molecule has 0 saturated heterocycles. The van der Waals surface area contributed by atoms with Crippen LogP contribution in [-0.4, -0.2) is 0 Å². The fourth-order valence-corrected chi connectivity index (χ4v) is 1.02. The average Bonchev–Trinajstić information content (AvgIpc) is 2.47. The molecule has 1 aromatic rings. The fraction of sp³-hybridized carbons (Fsp3) is 0.556. The van der Waals surface area contributed by atoms with Gasteiger partial charge in [-0.2, -0.15) is 13.2 Å². The lowest BCUT2D eigenvalue weighted by Crippen LogP contribution is -2.02. The van der Waals surface area contributed by atoms with Crippen molar-refractivity contribution in [2.75, 3.05) is 0 Å². The summed E-state index contributed by atoms with van der Waals surface area (Å²) in [5.74, 6) is -0.493. The summed E-state index contributed by atoms with van der Waals surface area (Å²) in [6, 6.07) is 2.36. The quantitative estimate of drug-likeness (QED) is 0.712. The van der Waals surface area contributed by atoms with Crippen LogP contribution < -0.4 is 0 Å². The molecule has 0 aliphatic heterocycles. The van der Waals surface area contributed by atoms with Gasteiger partial charge in [0.05, 0.1) is 0 Å². The minimum Gasteiger partial charge on any atom is -0.457 e. The zero-order chi connectivity index (χ0) is 9.90. The van der Waals surface area contributed by atoms with Gasteiger partial charge in [0.15, 0.2) is 0 Å². The molecule has 1 aromatic heterocycles. The first-order chi connectivity index (χ1) is 6.04. The second kappa shape index (κ2) is 3.85. The molecule has 1 rings (SSSR count). The number of halogens is 3. The van der Waals surface area contributed by atoms with Crippen molar-refractivity contribution in [2.45, 2.75) is 32.4 Å². The first kappa shape index (κ1) is 10.2. The summed E-state index contributed by atoms with van der Waals surface area (Å²) in [4.78, 5) is 0. The molecule has 0 radical (unpaired) electrons. The van der Waals surface area contributed by atoms with Crippen LogP contribution in [-0.2, 0) is 12.6 Å². The van der Waals surface area contributed by atoms with Crippen LogP contribution in [0.3, 0.4) is 0 Å². The maximum absolute atomic E-state index is 12.0. The van der Waals surface area contributed by atoms with Crippen LogP contribution in [0.4, 0.5) is 13.2 Å². The van der Waals surface area contributed by atoms with Crippen molar-refractivity contribution in [2.24, 2.45) is 0 Å². The second-order valence-electron chi connectivity index (χ2n) is 2.87. The predicted octanol–water partition coefficient (Wildman–Crippen LogP) is 3.64. The minimum atomic E-state index is -4.36. The Hall–Kier alpha value is -0.930. The summed E-state index contributed by atoms with van der Waals surface area (Å²) in [6.45, 7) is 1.98. The monoisotopic (exact) mass is 192 g/mol. The summed E-state index contributed by atoms with van der Waals surface area (Å²) in [7, 11) is 0. The van der Waals surface area contributed by atoms with E-state index in [-0.39, 0.29) is 0 Å². The smallest absolute Gasteiger partial charge is 0.449 e. The highest BCUT2D eigenvalue weighted by Crippen LogP contribution is 2.30. The van der Waals surface area contributed by atoms with Gasteiger partial charge < -0.3 is 4.42 Å². The van der Waals surface area contributed by atoms with Gasteiger partial charge in [-0.15, -0.1) is 0 Å². The maximum atomic E-state index is 12.0. The minimum absolute atomic E-state index is 0.411. The number of aryl methyl sites for hydroxylation is 1. The van der Waals surface area contributed by atoms with Crippen molar-refractivity contribution in [1.82, 2.24) is 0 Å². The molecule has 0 N–H and O–H groups in total. The first-order valence-corrected chi connectivity index (χ1v) is 4.20. The summed E-state index contributed by atoms with van der Waals surface area (Å²) >= 11 is 0. The van der Waals surface area contributed by atoms with Crippen molar-refractivity contribution < 1.29 is 17.6 Å². The largest absolute Gasteiger partial charge is 0.457 e. The third-order valence-corrected chi connectivity index (χ3v) is 1.72. The Morgan fingerprint density at radius 2 is 2.00 bits per heavy atom. The zero-order valence-corrected chi connectivity index (χ0v) is 7.32. The molecule has 1 nitrogen and oxygen atoms in total. The predicted molar refractivity (Wildman–Crippen MR) is 42.3 cm³/mol. The highest BCUT2D eigenvalue weighted by molar-refractivity contribution is 5.09. The first-order valence-electron chi connectivity index (χ1n) is 4.20. The van der Waals surface area contributed by atoms with Gasteiger partial charge in [0.25, 0.3) is 0 Å². The molecular weight excluding hydrogens is 181 g/mol. The molecule has 0 saturated carbocycles. The summed E-state index contributed by atoms with van der Waals surface area (Å²) < 4.78 is 40.7. The molecule has 0 unspecified atom stereocenters. The van der Waals surface area contributed by atoms with Crippen LogP contribution >= 0.6 is 0 Å². The summed E-state index contributed by atoms with van der Waals surface area (Å²) in [5.41, 5.74) is 0. The molecule has 0 atom stereocenters. The molecular formula is C9H11F3O. The number of hydrogen-bond donors (Lipinski definition) is 0. The lowest BCUT2D eigenvalue weighted by atomic mass is 10.2. The lowest BCUT2D eigenvalue weighted by molar-refractivity contribution is -0.153. The van der Waals surface area contributed by atoms with Crippen molar-refractivity contribution >= 4 is 0 Å². The number of rotatable bonds is 3. The van der Waals surface area contributed by atoms with Gasteiger partial charge in [0, 0.05) is 6.42 Å². The lowest BCUT2D eigenvalue weighted by Gasteiger charge is -2.00. The van der Waals surface area contributed by atoms with E-state index in [1.165, 1.54) is 6.07 Å². The van der Waals surface area contributed by atoms with E-state index in [0.29, 0.717) is 12.2 Å². The maximum Gasteiger partial charge on any atom is 0.449 e. The van der Waals surface area contributed by atoms with Crippen molar-refractivity contribution in [3.63, 3.8) is 0 Å². The second-order valence-corrected chi connectivity index (χ2v) is 2.87. The van der Waals surface area contributed by atoms with E-state index in [9.17, 15) is 13.2 Å². The third kappa shape index (κ3) is 2.79. The van der Waals surface area contributed by atoms with Crippen LogP contribution in [0.2, 0.25) is 0 Å². The van der Waals surface area contributed by atoms with Gasteiger partial charge in [-0.1, -0.05) is 13.3 Å². The van der Waals surface area contributed by atoms with Gasteiger partial charge in [-0.3, -0.25) is 0 Å². The Bertz CT molecular complexity index is 262. The fourth-order valence-electron chi connectivity index (χ4n) is 1.02. The zero-order valence-electron chi connectivity index (χ0n) is 7.32. The Morgan fingerprint density at radius 3 is 2.46 bits per heavy atom. The molecule has 0 aromatic carbocycles. The Morgan fingerprint density at radius 1 is 1.31 bits per heavy atom. The van der Waals surface area contributed by atoms with Crippen molar-refractivity contribution in [1.29, 1.82) is 0 Å². The highest BCUT2D eigenvalue weighted by Gasteiger charge is 2.34. The number of furan rings is 1. The van der Waals surface area contributed by atoms with Crippen LogP contribution in [0.25, 0.3) is 0 Å². The SMILES string of the molecule is CCCCc1ccc(C(F)(F)F)o1. The van der Waals surface area contributed by atoms with Gasteiger partial charge in [-0.25, -0.2) is 0 Å². The van der Waals surface area contributed by atoms with Gasteiger partial charge in [0.1, 0.15) is 5.76 Å². The van der Waals surface area contributed by atoms with E-state index in [1.807, 2.05) is 6.92 Å². The molecule has 0 amide bonds. The van der Waals surface area contributed by atoms with Gasteiger partial charge >= 0.3 is 6.18 Å². The standard InChI is InChI=1S/C9H11F3O/c1-2-3-4-7-5-6-8(13-7)9(10,11)12/h5-6H,2-4H2,1H3. The molecule has 74 valence electrons. The molecule has 0 bridgehead atoms. The number of hydrogen-bond acceptors (Lipinski definition) is 1. The van der Waals surface area contributed by atoms with E-state index in [2.05, 4.69) is 4.42 Å². The van der Waals surface area contributed by atoms with E-state index in [0.717, 1.165) is 18.9 Å². The van der Waals surface area contributed by atoms with Crippen LogP contribution in [0.15, 0.2) is 16.5 Å². The van der Waals surface area contributed by atoms with E-state index in [1.54, 1.807) is 0 Å². The van der Waals surface area contributed by atoms with E-state index >= 15 is 0 Å². The van der Waals surface area contributed by atoms with Crippen LogP contribution in [0.5, 0.6) is 0 Å². The summed E-state index contributed by atoms with van der Waals surface area (Å²) in [5, 5.41) is 0. The highest BCUT2D eigenvalue weighted by atomic mass is 19.4. The molecule has 1 heterocycles. The summed E-state index contributed by atoms with van der Waals surface area (Å²) in [6.07, 6.45) is -1.98. The van der Waals surface area contributed by atoms with Crippen LogP contribution in [0, 0.1) is 0 Å². The van der Waals surface area contributed by atoms with Crippen molar-refractivity contribution in [3.8, 4) is 0 Å². The molecule has 13 heavy (non-hydrogen) atoms. The normalized spacial score (nSPS) is 12.0. The Labute approximate surface area is 74.5 Å². The molecule has 0 aliphatic rings. The van der Waals surface area contributed by atoms with Crippen LogP contribution in [0.1, 0.15) is 31.3 Å². The molecule has 0 spiro atoms.